The average molecular weight is 328 g/mol. The van der Waals surface area contributed by atoms with Crippen LogP contribution < -0.4 is 5.73 Å². The molecule has 2 rings (SSSR count). The van der Waals surface area contributed by atoms with Crippen LogP contribution in [0.4, 0.5) is 5.82 Å². The Morgan fingerprint density at radius 2 is 1.95 bits per heavy atom. The van der Waals surface area contributed by atoms with Crippen LogP contribution in [-0.4, -0.2) is 19.2 Å². The number of nitrogen functional groups attached to an aromatic ring is 1. The lowest BCUT2D eigenvalue weighted by atomic mass is 10.2. The molecule has 4 nitrogen and oxygen atoms in total. The van der Waals surface area contributed by atoms with Crippen LogP contribution in [-0.2, 0) is 9.84 Å². The van der Waals surface area contributed by atoms with Gasteiger partial charge >= 0.3 is 0 Å². The molecular weight excluding hydrogens is 312 g/mol. The summed E-state index contributed by atoms with van der Waals surface area (Å²) in [6.45, 7) is 3.98. The van der Waals surface area contributed by atoms with Gasteiger partial charge in [0.2, 0.25) is 9.84 Å². The molecule has 7 heteroatoms. The molecule has 2 N–H and O–H groups in total. The van der Waals surface area contributed by atoms with Crippen molar-refractivity contribution in [2.24, 2.45) is 0 Å². The maximum Gasteiger partial charge on any atom is 0.219 e. The molecule has 0 radical (unpaired) electrons. The highest BCUT2D eigenvalue weighted by Crippen LogP contribution is 2.35. The summed E-state index contributed by atoms with van der Waals surface area (Å²) in [6.07, 6.45) is 1.00. The molecular formula is C13H16N2O2S3. The van der Waals surface area contributed by atoms with Crippen LogP contribution in [0.2, 0.25) is 0 Å². The number of sulfone groups is 1. The predicted molar refractivity (Wildman–Crippen MR) is 84.2 cm³/mol. The van der Waals surface area contributed by atoms with Gasteiger partial charge in [-0.1, -0.05) is 47.7 Å². The fourth-order valence-electron chi connectivity index (χ4n) is 1.57. The van der Waals surface area contributed by atoms with E-state index in [0.29, 0.717) is 4.34 Å². The first-order valence-electron chi connectivity index (χ1n) is 6.16. The standard InChI is InChI=1S/C13H16N2O2S3/c1-3-8-18-13-15-11(14)12(19-13)20(16,17)10-6-4-9(2)5-7-10/h4-7H,3,8,14H2,1-2H3. The molecule has 0 aliphatic carbocycles. The predicted octanol–water partition coefficient (Wildman–Crippen LogP) is 3.37. The smallest absolute Gasteiger partial charge is 0.219 e. The molecule has 20 heavy (non-hydrogen) atoms. The molecule has 1 heterocycles. The molecule has 0 aliphatic rings. The zero-order chi connectivity index (χ0) is 14.8. The van der Waals surface area contributed by atoms with Gasteiger partial charge in [-0.05, 0) is 25.5 Å². The molecule has 0 saturated carbocycles. The van der Waals surface area contributed by atoms with E-state index in [1.165, 1.54) is 11.8 Å². The van der Waals surface area contributed by atoms with Crippen LogP contribution in [0.3, 0.4) is 0 Å². The average Bonchev–Trinajstić information content (AvgIpc) is 2.79. The van der Waals surface area contributed by atoms with Crippen molar-refractivity contribution in [2.75, 3.05) is 11.5 Å². The topological polar surface area (TPSA) is 73.0 Å². The third-order valence-corrected chi connectivity index (χ3v) is 7.32. The SMILES string of the molecule is CCCSc1nc(N)c(S(=O)(=O)c2ccc(C)cc2)s1. The molecule has 0 amide bonds. The highest BCUT2D eigenvalue weighted by atomic mass is 32.2. The molecule has 1 aromatic heterocycles. The summed E-state index contributed by atoms with van der Waals surface area (Å²) in [4.78, 5) is 4.39. The number of benzene rings is 1. The Morgan fingerprint density at radius 3 is 2.55 bits per heavy atom. The second kappa shape index (κ2) is 6.15. The van der Waals surface area contributed by atoms with Crippen LogP contribution in [0.15, 0.2) is 37.7 Å². The van der Waals surface area contributed by atoms with Crippen molar-refractivity contribution < 1.29 is 8.42 Å². The fraction of sp³-hybridized carbons (Fsp3) is 0.308. The number of aromatic nitrogens is 1. The van der Waals surface area contributed by atoms with Gasteiger partial charge in [0.1, 0.15) is 0 Å². The van der Waals surface area contributed by atoms with E-state index < -0.39 is 9.84 Å². The minimum atomic E-state index is -3.57. The highest BCUT2D eigenvalue weighted by Gasteiger charge is 2.24. The highest BCUT2D eigenvalue weighted by molar-refractivity contribution is 8.01. The Morgan fingerprint density at radius 1 is 1.30 bits per heavy atom. The second-order valence-electron chi connectivity index (χ2n) is 4.32. The number of hydrogen-bond acceptors (Lipinski definition) is 6. The number of thioether (sulfide) groups is 1. The quantitative estimate of drug-likeness (QED) is 0.852. The first-order chi connectivity index (χ1) is 9.45. The number of hydrogen-bond donors (Lipinski definition) is 1. The Hall–Kier alpha value is -1.05. The molecule has 0 bridgehead atoms. The van der Waals surface area contributed by atoms with Crippen LogP contribution >= 0.6 is 23.1 Å². The maximum absolute atomic E-state index is 12.5. The van der Waals surface area contributed by atoms with Gasteiger partial charge in [0.05, 0.1) is 4.90 Å². The molecule has 0 atom stereocenters. The fourth-order valence-corrected chi connectivity index (χ4v) is 5.45. The molecule has 1 aromatic carbocycles. The van der Waals surface area contributed by atoms with Crippen LogP contribution in [0, 0.1) is 6.92 Å². The first kappa shape index (κ1) is 15.3. The van der Waals surface area contributed by atoms with Crippen molar-refractivity contribution in [3.05, 3.63) is 29.8 Å². The zero-order valence-corrected chi connectivity index (χ0v) is 13.7. The summed E-state index contributed by atoms with van der Waals surface area (Å²) in [5, 5.41) is 0. The number of thiazole rings is 1. The van der Waals surface area contributed by atoms with Crippen molar-refractivity contribution in [1.29, 1.82) is 0 Å². The van der Waals surface area contributed by atoms with Crippen molar-refractivity contribution >= 4 is 38.8 Å². The number of anilines is 1. The van der Waals surface area contributed by atoms with Crippen LogP contribution in [0.25, 0.3) is 0 Å². The minimum absolute atomic E-state index is 0.0918. The van der Waals surface area contributed by atoms with Gasteiger partial charge in [0.25, 0.3) is 0 Å². The van der Waals surface area contributed by atoms with Crippen molar-refractivity contribution in [1.82, 2.24) is 4.98 Å². The van der Waals surface area contributed by atoms with Crippen LogP contribution in [0.5, 0.6) is 0 Å². The Balaban J connectivity index is 2.39. The van der Waals surface area contributed by atoms with E-state index in [0.717, 1.165) is 29.1 Å². The summed E-state index contributed by atoms with van der Waals surface area (Å²) in [5.41, 5.74) is 6.79. The molecule has 0 aliphatic heterocycles. The van der Waals surface area contributed by atoms with E-state index in [-0.39, 0.29) is 14.9 Å². The van der Waals surface area contributed by atoms with Gasteiger partial charge in [-0.25, -0.2) is 13.4 Å². The number of aryl methyl sites for hydroxylation is 1. The Labute approximate surface area is 127 Å². The normalized spacial score (nSPS) is 11.7. The van der Waals surface area contributed by atoms with E-state index in [1.54, 1.807) is 24.3 Å². The Kier molecular flexibility index (Phi) is 4.72. The monoisotopic (exact) mass is 328 g/mol. The third-order valence-electron chi connectivity index (χ3n) is 2.61. The molecule has 0 fully saturated rings. The van der Waals surface area contributed by atoms with Crippen LogP contribution in [0.1, 0.15) is 18.9 Å². The molecule has 0 unspecified atom stereocenters. The van der Waals surface area contributed by atoms with Crippen molar-refractivity contribution in [3.8, 4) is 0 Å². The van der Waals surface area contributed by atoms with Gasteiger partial charge in [-0.15, -0.1) is 0 Å². The van der Waals surface area contributed by atoms with E-state index >= 15 is 0 Å². The number of nitrogens with two attached hydrogens (primary N) is 1. The number of rotatable bonds is 5. The summed E-state index contributed by atoms with van der Waals surface area (Å²) in [5.74, 6) is 0.992. The zero-order valence-electron chi connectivity index (χ0n) is 11.3. The van der Waals surface area contributed by atoms with E-state index in [9.17, 15) is 8.42 Å². The van der Waals surface area contributed by atoms with Crippen molar-refractivity contribution in [2.45, 2.75) is 33.7 Å². The molecule has 108 valence electrons. The van der Waals surface area contributed by atoms with Gasteiger partial charge in [-0.3, -0.25) is 0 Å². The summed E-state index contributed by atoms with van der Waals surface area (Å²) >= 11 is 2.68. The van der Waals surface area contributed by atoms with Gasteiger partial charge in [0, 0.05) is 5.75 Å². The molecule has 0 saturated heterocycles. The number of nitrogens with zero attached hydrogens (tertiary/aromatic N) is 1. The summed E-state index contributed by atoms with van der Waals surface area (Å²) in [7, 11) is -3.57. The van der Waals surface area contributed by atoms with E-state index in [2.05, 4.69) is 11.9 Å². The van der Waals surface area contributed by atoms with Gasteiger partial charge in [0.15, 0.2) is 14.4 Å². The largest absolute Gasteiger partial charge is 0.382 e. The first-order valence-corrected chi connectivity index (χ1v) is 9.44. The minimum Gasteiger partial charge on any atom is -0.382 e. The van der Waals surface area contributed by atoms with E-state index in [1.807, 2.05) is 6.92 Å². The lowest BCUT2D eigenvalue weighted by Gasteiger charge is -2.02. The molecule has 0 spiro atoms. The Bertz CT molecular complexity index is 691. The third kappa shape index (κ3) is 3.16. The van der Waals surface area contributed by atoms with Crippen molar-refractivity contribution in [3.63, 3.8) is 0 Å². The van der Waals surface area contributed by atoms with Gasteiger partial charge < -0.3 is 5.73 Å². The lowest BCUT2D eigenvalue weighted by molar-refractivity contribution is 0.598. The van der Waals surface area contributed by atoms with Gasteiger partial charge in [-0.2, -0.15) is 0 Å². The summed E-state index contributed by atoms with van der Waals surface area (Å²) < 4.78 is 25.9. The maximum atomic E-state index is 12.5. The lowest BCUT2D eigenvalue weighted by Crippen LogP contribution is -2.03. The summed E-state index contributed by atoms with van der Waals surface area (Å²) in [6, 6.07) is 6.75. The second-order valence-corrected chi connectivity index (χ2v) is 8.80. The van der Waals surface area contributed by atoms with E-state index in [4.69, 9.17) is 5.73 Å². The molecule has 2 aromatic rings.